The van der Waals surface area contributed by atoms with E-state index in [0.29, 0.717) is 19.8 Å². The van der Waals surface area contributed by atoms with Gasteiger partial charge in [-0.2, -0.15) is 0 Å². The number of benzene rings is 1. The first kappa shape index (κ1) is 19.7. The van der Waals surface area contributed by atoms with Gasteiger partial charge in [0.25, 0.3) is 5.91 Å². The van der Waals surface area contributed by atoms with Crippen LogP contribution in [0.5, 0.6) is 11.5 Å². The SMILES string of the molecule is C=CCN1CCCC1CNC(=O)c1cc(S(=O)(=O)NC)cc2c1OCCO2. The first-order valence-electron chi connectivity index (χ1n) is 8.96. The molecule has 0 spiro atoms. The lowest BCUT2D eigenvalue weighted by Crippen LogP contribution is -2.40. The van der Waals surface area contributed by atoms with Crippen LogP contribution in [0.4, 0.5) is 0 Å². The summed E-state index contributed by atoms with van der Waals surface area (Å²) in [5.74, 6) is 0.162. The number of sulfonamides is 1. The second kappa shape index (κ2) is 8.28. The summed E-state index contributed by atoms with van der Waals surface area (Å²) >= 11 is 0. The van der Waals surface area contributed by atoms with Gasteiger partial charge in [-0.25, -0.2) is 13.1 Å². The van der Waals surface area contributed by atoms with Crippen molar-refractivity contribution in [2.24, 2.45) is 0 Å². The summed E-state index contributed by atoms with van der Waals surface area (Å²) in [5.41, 5.74) is 0.161. The van der Waals surface area contributed by atoms with Crippen LogP contribution in [0.3, 0.4) is 0 Å². The zero-order valence-corrected chi connectivity index (χ0v) is 16.2. The number of nitrogens with zero attached hydrogens (tertiary/aromatic N) is 1. The molecule has 2 N–H and O–H groups in total. The maximum absolute atomic E-state index is 12.8. The van der Waals surface area contributed by atoms with Crippen molar-refractivity contribution in [3.63, 3.8) is 0 Å². The molecule has 1 fully saturated rings. The van der Waals surface area contributed by atoms with Crippen LogP contribution in [0.2, 0.25) is 0 Å². The monoisotopic (exact) mass is 395 g/mol. The average molecular weight is 395 g/mol. The lowest BCUT2D eigenvalue weighted by Gasteiger charge is -2.24. The van der Waals surface area contributed by atoms with Crippen LogP contribution in [0.25, 0.3) is 0 Å². The van der Waals surface area contributed by atoms with E-state index in [1.165, 1.54) is 19.2 Å². The Morgan fingerprint density at radius 3 is 2.89 bits per heavy atom. The minimum Gasteiger partial charge on any atom is -0.486 e. The van der Waals surface area contributed by atoms with E-state index in [9.17, 15) is 13.2 Å². The molecule has 2 aliphatic rings. The van der Waals surface area contributed by atoms with Crippen LogP contribution in [0, 0.1) is 0 Å². The molecule has 148 valence electrons. The maximum atomic E-state index is 12.8. The number of carbonyl (C=O) groups excluding carboxylic acids is 1. The van der Waals surface area contributed by atoms with Crippen molar-refractivity contribution in [2.75, 3.05) is 39.9 Å². The van der Waals surface area contributed by atoms with Gasteiger partial charge in [0.05, 0.1) is 10.5 Å². The number of fused-ring (bicyclic) bond motifs is 1. The molecular formula is C18H25N3O5S. The van der Waals surface area contributed by atoms with Crippen LogP contribution < -0.4 is 19.5 Å². The van der Waals surface area contributed by atoms with E-state index in [2.05, 4.69) is 21.5 Å². The number of ether oxygens (including phenoxy) is 2. The molecule has 1 aromatic carbocycles. The number of hydrogen-bond donors (Lipinski definition) is 2. The summed E-state index contributed by atoms with van der Waals surface area (Å²) in [6.45, 7) is 6.62. The molecule has 0 aromatic heterocycles. The van der Waals surface area contributed by atoms with Gasteiger partial charge in [-0.05, 0) is 32.5 Å². The number of rotatable bonds is 7. The van der Waals surface area contributed by atoms with Crippen molar-refractivity contribution in [3.8, 4) is 11.5 Å². The summed E-state index contributed by atoms with van der Waals surface area (Å²) in [5, 5.41) is 2.91. The quantitative estimate of drug-likeness (QED) is 0.661. The second-order valence-electron chi connectivity index (χ2n) is 6.49. The zero-order valence-electron chi connectivity index (χ0n) is 15.4. The first-order valence-corrected chi connectivity index (χ1v) is 10.4. The van der Waals surface area contributed by atoms with Gasteiger partial charge in [0.15, 0.2) is 11.5 Å². The molecule has 2 heterocycles. The zero-order chi connectivity index (χ0) is 19.4. The van der Waals surface area contributed by atoms with E-state index in [-0.39, 0.29) is 33.9 Å². The molecule has 2 aliphatic heterocycles. The molecule has 8 nitrogen and oxygen atoms in total. The van der Waals surface area contributed by atoms with Gasteiger partial charge in [0.2, 0.25) is 10.0 Å². The Bertz CT molecular complexity index is 825. The normalized spacial score (nSPS) is 19.7. The van der Waals surface area contributed by atoms with E-state index in [1.807, 2.05) is 6.08 Å². The molecule has 1 aromatic rings. The Balaban J connectivity index is 1.83. The lowest BCUT2D eigenvalue weighted by atomic mass is 10.1. The molecule has 1 saturated heterocycles. The Morgan fingerprint density at radius 1 is 1.37 bits per heavy atom. The van der Waals surface area contributed by atoms with Gasteiger partial charge in [-0.15, -0.1) is 6.58 Å². The number of hydrogen-bond acceptors (Lipinski definition) is 6. The van der Waals surface area contributed by atoms with Crippen LogP contribution >= 0.6 is 0 Å². The molecular weight excluding hydrogens is 370 g/mol. The summed E-state index contributed by atoms with van der Waals surface area (Å²) in [4.78, 5) is 15.0. The van der Waals surface area contributed by atoms with Crippen molar-refractivity contribution < 1.29 is 22.7 Å². The van der Waals surface area contributed by atoms with Crippen molar-refractivity contribution in [3.05, 3.63) is 30.4 Å². The largest absolute Gasteiger partial charge is 0.486 e. The minimum absolute atomic E-state index is 0.0337. The molecule has 1 amide bonds. The molecule has 1 atom stereocenters. The van der Waals surface area contributed by atoms with Gasteiger partial charge in [-0.1, -0.05) is 6.08 Å². The minimum atomic E-state index is -3.72. The molecule has 0 aliphatic carbocycles. The van der Waals surface area contributed by atoms with E-state index >= 15 is 0 Å². The van der Waals surface area contributed by atoms with E-state index < -0.39 is 10.0 Å². The third-order valence-electron chi connectivity index (χ3n) is 4.80. The Labute approximate surface area is 159 Å². The van der Waals surface area contributed by atoms with E-state index in [1.54, 1.807) is 0 Å². The van der Waals surface area contributed by atoms with Gasteiger partial charge in [0.1, 0.15) is 13.2 Å². The van der Waals surface area contributed by atoms with Crippen LogP contribution in [0.1, 0.15) is 23.2 Å². The van der Waals surface area contributed by atoms with Gasteiger partial charge in [-0.3, -0.25) is 9.69 Å². The topological polar surface area (TPSA) is 97.0 Å². The Hall–Kier alpha value is -2.10. The molecule has 0 radical (unpaired) electrons. The summed E-state index contributed by atoms with van der Waals surface area (Å²) in [6, 6.07) is 2.94. The van der Waals surface area contributed by atoms with Gasteiger partial charge in [0, 0.05) is 25.2 Å². The summed E-state index contributed by atoms with van der Waals surface area (Å²) in [7, 11) is -2.40. The van der Waals surface area contributed by atoms with Crippen LogP contribution in [0.15, 0.2) is 29.7 Å². The number of nitrogens with one attached hydrogen (secondary N) is 2. The fourth-order valence-electron chi connectivity index (χ4n) is 3.41. The highest BCUT2D eigenvalue weighted by Gasteiger charge is 2.28. The van der Waals surface area contributed by atoms with Crippen LogP contribution in [-0.4, -0.2) is 65.2 Å². The highest BCUT2D eigenvalue weighted by atomic mass is 32.2. The molecule has 0 saturated carbocycles. The Kier molecular flexibility index (Phi) is 6.03. The number of amides is 1. The second-order valence-corrected chi connectivity index (χ2v) is 8.38. The van der Waals surface area contributed by atoms with Crippen molar-refractivity contribution in [1.82, 2.24) is 14.9 Å². The van der Waals surface area contributed by atoms with Gasteiger partial charge < -0.3 is 14.8 Å². The first-order chi connectivity index (χ1) is 13.0. The summed E-state index contributed by atoms with van der Waals surface area (Å²) in [6.07, 6.45) is 3.93. The maximum Gasteiger partial charge on any atom is 0.255 e. The summed E-state index contributed by atoms with van der Waals surface area (Å²) < 4.78 is 37.7. The predicted molar refractivity (Wildman–Crippen MR) is 101 cm³/mol. The molecule has 9 heteroatoms. The molecule has 27 heavy (non-hydrogen) atoms. The van der Waals surface area contributed by atoms with E-state index in [4.69, 9.17) is 9.47 Å². The lowest BCUT2D eigenvalue weighted by molar-refractivity contribution is 0.0930. The third kappa shape index (κ3) is 4.26. The van der Waals surface area contributed by atoms with Crippen molar-refractivity contribution >= 4 is 15.9 Å². The molecule has 3 rings (SSSR count). The van der Waals surface area contributed by atoms with Crippen molar-refractivity contribution in [2.45, 2.75) is 23.8 Å². The number of carbonyl (C=O) groups is 1. The predicted octanol–water partition coefficient (Wildman–Crippen LogP) is 0.746. The van der Waals surface area contributed by atoms with E-state index in [0.717, 1.165) is 25.9 Å². The van der Waals surface area contributed by atoms with Crippen molar-refractivity contribution in [1.29, 1.82) is 0 Å². The fraction of sp³-hybridized carbons (Fsp3) is 0.500. The standard InChI is InChI=1S/C18H25N3O5S/c1-3-6-21-7-4-5-13(21)12-20-18(22)15-10-14(27(23,24)19-2)11-16-17(15)26-9-8-25-16/h3,10-11,13,19H,1,4-9,12H2,2H3,(H,20,22). The molecule has 1 unspecified atom stereocenters. The van der Waals surface area contributed by atoms with Gasteiger partial charge >= 0.3 is 0 Å². The molecule has 0 bridgehead atoms. The Morgan fingerprint density at radius 2 is 2.15 bits per heavy atom. The number of likely N-dealkylation sites (tertiary alicyclic amines) is 1. The smallest absolute Gasteiger partial charge is 0.255 e. The van der Waals surface area contributed by atoms with Crippen LogP contribution in [-0.2, 0) is 10.0 Å². The highest BCUT2D eigenvalue weighted by Crippen LogP contribution is 2.36. The fourth-order valence-corrected chi connectivity index (χ4v) is 4.18. The third-order valence-corrected chi connectivity index (χ3v) is 6.19. The average Bonchev–Trinajstić information content (AvgIpc) is 3.12. The highest BCUT2D eigenvalue weighted by molar-refractivity contribution is 7.89.